The summed E-state index contributed by atoms with van der Waals surface area (Å²) in [5, 5.41) is 0. The molecule has 0 aromatic rings. The molecule has 0 aromatic carbocycles. The minimum absolute atomic E-state index is 0.0513. The van der Waals surface area contributed by atoms with Crippen molar-refractivity contribution < 1.29 is 28.7 Å². The molecule has 0 aromatic heterocycles. The van der Waals surface area contributed by atoms with Gasteiger partial charge in [0.25, 0.3) is 5.91 Å². The average molecular weight is 569 g/mol. The van der Waals surface area contributed by atoms with Crippen LogP contribution in [0.1, 0.15) is 93.4 Å². The first-order valence-corrected chi connectivity index (χ1v) is 15.2. The van der Waals surface area contributed by atoms with Gasteiger partial charge in [0, 0.05) is 38.0 Å². The number of nitrogens with two attached hydrogens (primary N) is 2. The van der Waals surface area contributed by atoms with Crippen LogP contribution < -0.4 is 11.5 Å². The molecule has 0 radical (unpaired) electrons. The third-order valence-corrected chi connectivity index (χ3v) is 7.91. The van der Waals surface area contributed by atoms with E-state index in [0.717, 1.165) is 32.1 Å². The lowest BCUT2D eigenvalue weighted by atomic mass is 9.62. The minimum atomic E-state index is -1.08. The van der Waals surface area contributed by atoms with Gasteiger partial charge in [-0.25, -0.2) is 0 Å². The Morgan fingerprint density at radius 3 is 1.70 bits per heavy atom. The molecule has 1 aliphatic carbocycles. The van der Waals surface area contributed by atoms with Crippen LogP contribution in [-0.2, 0) is 28.7 Å². The predicted octanol–water partition coefficient (Wildman–Crippen LogP) is 3.10. The zero-order chi connectivity index (χ0) is 30.5. The van der Waals surface area contributed by atoms with Crippen molar-refractivity contribution in [2.45, 2.75) is 106 Å². The Balaban J connectivity index is 3.44. The number of hydrogen-bond acceptors (Lipinski definition) is 6. The van der Waals surface area contributed by atoms with E-state index in [9.17, 15) is 19.2 Å². The smallest absolute Gasteiger partial charge is 0.252 e. The fourth-order valence-electron chi connectivity index (χ4n) is 5.91. The SMILES string of the molecule is CCCN(CCC)C(=O)COC(C(N)=O)C1CC(C(C)(C)C)CCC1C(OCC(N)=O)C(=O)N(CCC)CCC. The molecule has 1 aliphatic rings. The molecule has 0 aliphatic heterocycles. The number of carbonyl (C=O) groups excluding carboxylic acids is 4. The lowest BCUT2D eigenvalue weighted by Crippen LogP contribution is -2.54. The fourth-order valence-corrected chi connectivity index (χ4v) is 5.91. The number of hydrogen-bond donors (Lipinski definition) is 2. The molecule has 4 amide bonds. The summed E-state index contributed by atoms with van der Waals surface area (Å²) in [5.74, 6) is -2.42. The van der Waals surface area contributed by atoms with Crippen molar-refractivity contribution in [1.82, 2.24) is 9.80 Å². The maximum Gasteiger partial charge on any atom is 0.252 e. The highest BCUT2D eigenvalue weighted by molar-refractivity contribution is 5.83. The van der Waals surface area contributed by atoms with Gasteiger partial charge in [-0.05, 0) is 56.3 Å². The Morgan fingerprint density at radius 2 is 1.25 bits per heavy atom. The summed E-state index contributed by atoms with van der Waals surface area (Å²) in [6.07, 6.45) is 3.11. The second-order valence-corrected chi connectivity index (χ2v) is 12.2. The number of amides is 4. The molecule has 10 nitrogen and oxygen atoms in total. The van der Waals surface area contributed by atoms with Gasteiger partial charge in [0.05, 0.1) is 0 Å². The Morgan fingerprint density at radius 1 is 0.750 bits per heavy atom. The standard InChI is InChI=1S/C30H56N4O6/c1-8-14-33(15-9-2)25(36)20-40-26(28(32)37)23-18-21(30(5,6)7)12-13-22(23)27(39-19-24(31)35)29(38)34(16-10-3)17-11-4/h21-23,26-27H,8-20H2,1-7H3,(H2,31,35)(H2,32,37). The first kappa shape index (κ1) is 35.8. The molecule has 0 bridgehead atoms. The molecule has 1 saturated carbocycles. The Bertz CT molecular complexity index is 803. The summed E-state index contributed by atoms with van der Waals surface area (Å²) in [5.41, 5.74) is 11.3. The number of rotatable bonds is 18. The Kier molecular flexibility index (Phi) is 15.7. The van der Waals surface area contributed by atoms with Crippen LogP contribution in [0.15, 0.2) is 0 Å². The van der Waals surface area contributed by atoms with E-state index >= 15 is 0 Å². The average Bonchev–Trinajstić information content (AvgIpc) is 2.88. The molecular weight excluding hydrogens is 512 g/mol. The molecule has 232 valence electrons. The molecule has 0 spiro atoms. The molecule has 40 heavy (non-hydrogen) atoms. The van der Waals surface area contributed by atoms with Crippen LogP contribution in [0.5, 0.6) is 0 Å². The van der Waals surface area contributed by atoms with Crippen LogP contribution in [0.25, 0.3) is 0 Å². The summed E-state index contributed by atoms with van der Waals surface area (Å²) in [6, 6.07) is 0. The van der Waals surface area contributed by atoms with Crippen LogP contribution in [0, 0.1) is 23.2 Å². The van der Waals surface area contributed by atoms with Gasteiger partial charge in [-0.15, -0.1) is 0 Å². The van der Waals surface area contributed by atoms with Crippen molar-refractivity contribution in [2.24, 2.45) is 34.6 Å². The van der Waals surface area contributed by atoms with Gasteiger partial charge in [-0.1, -0.05) is 48.5 Å². The first-order chi connectivity index (χ1) is 18.8. The van der Waals surface area contributed by atoms with Crippen molar-refractivity contribution in [3.05, 3.63) is 0 Å². The van der Waals surface area contributed by atoms with Gasteiger partial charge in [-0.2, -0.15) is 0 Å². The molecule has 0 heterocycles. The van der Waals surface area contributed by atoms with Crippen LogP contribution in [0.3, 0.4) is 0 Å². The quantitative estimate of drug-likeness (QED) is 0.260. The lowest BCUT2D eigenvalue weighted by Gasteiger charge is -2.46. The largest absolute Gasteiger partial charge is 0.368 e. The van der Waals surface area contributed by atoms with E-state index in [2.05, 4.69) is 20.8 Å². The highest BCUT2D eigenvalue weighted by Gasteiger charge is 2.47. The lowest BCUT2D eigenvalue weighted by molar-refractivity contribution is -0.163. The first-order valence-electron chi connectivity index (χ1n) is 15.2. The van der Waals surface area contributed by atoms with Gasteiger partial charge < -0.3 is 30.7 Å². The molecular formula is C30H56N4O6. The highest BCUT2D eigenvalue weighted by atomic mass is 16.5. The summed E-state index contributed by atoms with van der Waals surface area (Å²) < 4.78 is 12.0. The third-order valence-electron chi connectivity index (χ3n) is 7.91. The fraction of sp³-hybridized carbons (Fsp3) is 0.867. The van der Waals surface area contributed by atoms with E-state index in [0.29, 0.717) is 39.0 Å². The number of ether oxygens (including phenoxy) is 2. The topological polar surface area (TPSA) is 145 Å². The van der Waals surface area contributed by atoms with Crippen LogP contribution in [0.4, 0.5) is 0 Å². The molecule has 0 saturated heterocycles. The van der Waals surface area contributed by atoms with E-state index in [1.807, 2.05) is 27.7 Å². The van der Waals surface area contributed by atoms with Crippen LogP contribution >= 0.6 is 0 Å². The van der Waals surface area contributed by atoms with Gasteiger partial charge >= 0.3 is 0 Å². The number of primary amides is 2. The number of carbonyl (C=O) groups is 4. The molecule has 1 fully saturated rings. The van der Waals surface area contributed by atoms with Gasteiger partial charge in [0.2, 0.25) is 17.7 Å². The van der Waals surface area contributed by atoms with Gasteiger partial charge in [-0.3, -0.25) is 19.2 Å². The maximum atomic E-state index is 13.9. The van der Waals surface area contributed by atoms with Crippen molar-refractivity contribution in [1.29, 1.82) is 0 Å². The molecule has 10 heteroatoms. The zero-order valence-corrected chi connectivity index (χ0v) is 26.1. The number of nitrogens with zero attached hydrogens (tertiary/aromatic N) is 2. The van der Waals surface area contributed by atoms with E-state index in [4.69, 9.17) is 20.9 Å². The zero-order valence-electron chi connectivity index (χ0n) is 26.1. The van der Waals surface area contributed by atoms with Crippen LogP contribution in [-0.4, -0.2) is 85.0 Å². The van der Waals surface area contributed by atoms with Crippen LogP contribution in [0.2, 0.25) is 0 Å². The summed E-state index contributed by atoms with van der Waals surface area (Å²) in [6.45, 7) is 16.1. The van der Waals surface area contributed by atoms with E-state index in [-0.39, 0.29) is 29.8 Å². The molecule has 4 N–H and O–H groups in total. The molecule has 5 atom stereocenters. The molecule has 1 rings (SSSR count). The van der Waals surface area contributed by atoms with Crippen molar-refractivity contribution >= 4 is 23.6 Å². The van der Waals surface area contributed by atoms with Gasteiger partial charge in [0.1, 0.15) is 25.4 Å². The van der Waals surface area contributed by atoms with Gasteiger partial charge in [0.15, 0.2) is 0 Å². The Labute approximate surface area is 241 Å². The summed E-state index contributed by atoms with van der Waals surface area (Å²) in [4.78, 5) is 55.0. The normalized spacial score (nSPS) is 20.9. The predicted molar refractivity (Wildman–Crippen MR) is 156 cm³/mol. The molecule has 5 unspecified atom stereocenters. The maximum absolute atomic E-state index is 13.9. The highest BCUT2D eigenvalue weighted by Crippen LogP contribution is 2.46. The summed E-state index contributed by atoms with van der Waals surface area (Å²) in [7, 11) is 0. The second-order valence-electron chi connectivity index (χ2n) is 12.2. The van der Waals surface area contributed by atoms with Crippen molar-refractivity contribution in [3.8, 4) is 0 Å². The van der Waals surface area contributed by atoms with E-state index in [1.165, 1.54) is 0 Å². The third kappa shape index (κ3) is 11.0. The second kappa shape index (κ2) is 17.6. The summed E-state index contributed by atoms with van der Waals surface area (Å²) >= 11 is 0. The Hall–Kier alpha value is -2.20. The van der Waals surface area contributed by atoms with Crippen molar-refractivity contribution in [2.75, 3.05) is 39.4 Å². The minimum Gasteiger partial charge on any atom is -0.368 e. The van der Waals surface area contributed by atoms with E-state index in [1.54, 1.807) is 9.80 Å². The van der Waals surface area contributed by atoms with E-state index < -0.39 is 42.5 Å². The monoisotopic (exact) mass is 568 g/mol. The van der Waals surface area contributed by atoms with Crippen molar-refractivity contribution in [3.63, 3.8) is 0 Å².